The number of rotatable bonds is 2. The van der Waals surface area contributed by atoms with Crippen LogP contribution in [-0.4, -0.2) is 11.7 Å². The number of amides is 1. The molecule has 0 saturated carbocycles. The largest absolute Gasteiger partial charge is 0.444 e. The van der Waals surface area contributed by atoms with Crippen LogP contribution in [0.2, 0.25) is 0 Å². The zero-order chi connectivity index (χ0) is 13.8. The first-order valence-corrected chi connectivity index (χ1v) is 6.71. The van der Waals surface area contributed by atoms with Crippen molar-refractivity contribution in [2.24, 2.45) is 4.36 Å². The summed E-state index contributed by atoms with van der Waals surface area (Å²) in [6.45, 7) is 5.18. The number of carbonyl (C=O) groups excluding carboxylic acids is 1. The first kappa shape index (κ1) is 14.5. The first-order valence-electron chi connectivity index (χ1n) is 5.44. The van der Waals surface area contributed by atoms with E-state index in [0.29, 0.717) is 5.69 Å². The maximum Gasteiger partial charge on any atom is 0.410 e. The van der Waals surface area contributed by atoms with Crippen LogP contribution in [0.5, 0.6) is 0 Å². The normalized spacial score (nSPS) is 13.3. The third-order valence-corrected chi connectivity index (χ3v) is 2.77. The van der Waals surface area contributed by atoms with Gasteiger partial charge in [0, 0.05) is 5.69 Å². The number of hydrogen-bond acceptors (Lipinski definition) is 5. The molecule has 6 heteroatoms. The van der Waals surface area contributed by atoms with Crippen LogP contribution in [0, 0.1) is 0 Å². The van der Waals surface area contributed by atoms with Crippen molar-refractivity contribution in [2.75, 3.05) is 5.73 Å². The van der Waals surface area contributed by atoms with Gasteiger partial charge in [0.2, 0.25) is 0 Å². The summed E-state index contributed by atoms with van der Waals surface area (Å²) in [6, 6.07) is 6.91. The van der Waals surface area contributed by atoms with Crippen LogP contribution in [0.15, 0.2) is 28.6 Å². The number of nitrogens with two attached hydrogens (primary N) is 1. The molecule has 2 N–H and O–H groups in total. The van der Waals surface area contributed by atoms with E-state index in [-0.39, 0.29) is 5.75 Å². The highest BCUT2D eigenvalue weighted by molar-refractivity contribution is 7.74. The molecule has 0 aromatic heterocycles. The average Bonchev–Trinajstić information content (AvgIpc) is 2.18. The van der Waals surface area contributed by atoms with Gasteiger partial charge in [0.1, 0.15) is 5.60 Å². The lowest BCUT2D eigenvalue weighted by molar-refractivity contribution is 0.0608. The fourth-order valence-electron chi connectivity index (χ4n) is 1.15. The summed E-state index contributed by atoms with van der Waals surface area (Å²) in [4.78, 5) is 11.3. The molecule has 1 aromatic carbocycles. The zero-order valence-corrected chi connectivity index (χ0v) is 11.5. The van der Waals surface area contributed by atoms with Crippen LogP contribution in [0.1, 0.15) is 26.3 Å². The molecule has 0 radical (unpaired) electrons. The van der Waals surface area contributed by atoms with E-state index in [1.54, 1.807) is 45.0 Å². The number of ether oxygens (including phenoxy) is 1. The lowest BCUT2D eigenvalue weighted by Gasteiger charge is -2.18. The quantitative estimate of drug-likeness (QED) is 0.661. The van der Waals surface area contributed by atoms with Crippen LogP contribution in [0.25, 0.3) is 0 Å². The Hall–Kier alpha value is -1.56. The molecule has 1 rings (SSSR count). The molecule has 0 heterocycles. The molecule has 0 aliphatic carbocycles. The highest BCUT2D eigenvalue weighted by atomic mass is 32.2. The Balaban J connectivity index is 2.65. The molecule has 0 spiro atoms. The molecule has 18 heavy (non-hydrogen) atoms. The van der Waals surface area contributed by atoms with Gasteiger partial charge in [-0.3, -0.25) is 4.36 Å². The predicted molar refractivity (Wildman–Crippen MR) is 71.3 cm³/mol. The van der Waals surface area contributed by atoms with Gasteiger partial charge < -0.3 is 14.7 Å². The molecule has 0 atom stereocenters. The van der Waals surface area contributed by atoms with E-state index < -0.39 is 22.3 Å². The second-order valence-corrected chi connectivity index (χ2v) is 5.89. The molecule has 0 saturated heterocycles. The van der Waals surface area contributed by atoms with Crippen molar-refractivity contribution >= 4 is 22.4 Å². The van der Waals surface area contributed by atoms with E-state index in [4.69, 9.17) is 10.5 Å². The molecule has 0 bridgehead atoms. The van der Waals surface area contributed by atoms with E-state index in [1.165, 1.54) is 0 Å². The molecular formula is C12H17N2O3S-. The number of hydrogen-bond donors (Lipinski definition) is 1. The molecule has 0 unspecified atom stereocenters. The van der Waals surface area contributed by atoms with Crippen molar-refractivity contribution in [3.8, 4) is 0 Å². The fraction of sp³-hybridized carbons (Fsp3) is 0.417. The van der Waals surface area contributed by atoms with Gasteiger partial charge in [0.25, 0.3) is 0 Å². The van der Waals surface area contributed by atoms with Crippen LogP contribution < -0.4 is 5.73 Å². The van der Waals surface area contributed by atoms with Crippen LogP contribution >= 0.6 is 0 Å². The minimum Gasteiger partial charge on any atom is -0.444 e. The second-order valence-electron chi connectivity index (χ2n) is 4.78. The van der Waals surface area contributed by atoms with Crippen molar-refractivity contribution in [1.82, 2.24) is 0 Å². The average molecular weight is 269 g/mol. The predicted octanol–water partition coefficient (Wildman–Crippen LogP) is 2.85. The number of carbonyl (C=O) groups is 1. The third kappa shape index (κ3) is 5.67. The fourth-order valence-corrected chi connectivity index (χ4v) is 1.90. The molecule has 1 aromatic rings. The summed E-state index contributed by atoms with van der Waals surface area (Å²) in [7, 11) is -1.63. The molecule has 0 aliphatic rings. The number of nitrogens with zero attached hydrogens (tertiary/aromatic N) is 1. The van der Waals surface area contributed by atoms with E-state index >= 15 is 0 Å². The number of benzene rings is 1. The standard InChI is InChI=1S/C12H17N2O3S/c1-12(2,3)17-11(15)14-18(16)8-9-4-6-10(13)7-5-9/h4-7H,8,13H2,1-3H3/q-1. The third-order valence-electron chi connectivity index (χ3n) is 1.84. The Morgan fingerprint density at radius 1 is 1.33 bits per heavy atom. The Morgan fingerprint density at radius 3 is 2.39 bits per heavy atom. The maximum absolute atomic E-state index is 11.6. The summed E-state index contributed by atoms with van der Waals surface area (Å²) in [6.07, 6.45) is -0.809. The van der Waals surface area contributed by atoms with Gasteiger partial charge in [-0.1, -0.05) is 23.4 Å². The Morgan fingerprint density at radius 2 is 1.89 bits per heavy atom. The zero-order valence-electron chi connectivity index (χ0n) is 10.7. The second kappa shape index (κ2) is 5.86. The minimum atomic E-state index is -1.63. The number of nitrogen functional groups attached to an aromatic ring is 1. The number of anilines is 1. The summed E-state index contributed by atoms with van der Waals surface area (Å²) in [5, 5.41) is 0. The summed E-state index contributed by atoms with van der Waals surface area (Å²) >= 11 is 0. The van der Waals surface area contributed by atoms with Gasteiger partial charge >= 0.3 is 6.09 Å². The maximum atomic E-state index is 11.6. The summed E-state index contributed by atoms with van der Waals surface area (Å²) in [5.74, 6) is 0.166. The molecule has 1 amide bonds. The molecule has 5 nitrogen and oxygen atoms in total. The monoisotopic (exact) mass is 269 g/mol. The SMILES string of the molecule is CC(C)(C)OC(=O)N=[S-](=O)Cc1ccc(N)cc1. The highest BCUT2D eigenvalue weighted by Crippen LogP contribution is 2.10. The van der Waals surface area contributed by atoms with Crippen molar-refractivity contribution < 1.29 is 13.7 Å². The summed E-state index contributed by atoms with van der Waals surface area (Å²) in [5.41, 5.74) is 6.33. The van der Waals surface area contributed by atoms with E-state index in [0.717, 1.165) is 5.56 Å². The van der Waals surface area contributed by atoms with Gasteiger partial charge in [-0.05, 0) is 32.9 Å². The Labute approximate surface area is 109 Å². The van der Waals surface area contributed by atoms with Crippen LogP contribution in [-0.2, 0) is 25.3 Å². The van der Waals surface area contributed by atoms with E-state index in [9.17, 15) is 9.00 Å². The van der Waals surface area contributed by atoms with Gasteiger partial charge in [-0.2, -0.15) is 10.6 Å². The van der Waals surface area contributed by atoms with E-state index in [1.807, 2.05) is 0 Å². The van der Waals surface area contributed by atoms with Gasteiger partial charge in [0.05, 0.1) is 0 Å². The first-order chi connectivity index (χ1) is 8.26. The molecule has 0 fully saturated rings. The smallest absolute Gasteiger partial charge is 0.410 e. The van der Waals surface area contributed by atoms with Gasteiger partial charge in [0.15, 0.2) is 0 Å². The molecule has 0 aliphatic heterocycles. The van der Waals surface area contributed by atoms with Gasteiger partial charge in [-0.15, -0.1) is 0 Å². The molecule has 100 valence electrons. The van der Waals surface area contributed by atoms with Crippen LogP contribution in [0.4, 0.5) is 10.5 Å². The molecular weight excluding hydrogens is 252 g/mol. The van der Waals surface area contributed by atoms with E-state index in [2.05, 4.69) is 4.36 Å². The van der Waals surface area contributed by atoms with Crippen molar-refractivity contribution in [3.05, 3.63) is 29.8 Å². The lowest BCUT2D eigenvalue weighted by Crippen LogP contribution is -2.21. The van der Waals surface area contributed by atoms with Crippen molar-refractivity contribution in [1.29, 1.82) is 0 Å². The Bertz CT molecular complexity index is 497. The van der Waals surface area contributed by atoms with Crippen molar-refractivity contribution in [2.45, 2.75) is 32.1 Å². The van der Waals surface area contributed by atoms with Gasteiger partial charge in [-0.25, -0.2) is 4.79 Å². The highest BCUT2D eigenvalue weighted by Gasteiger charge is 2.13. The Kier molecular flexibility index (Phi) is 4.72. The van der Waals surface area contributed by atoms with Crippen LogP contribution in [0.3, 0.4) is 0 Å². The lowest BCUT2D eigenvalue weighted by atomic mass is 10.2. The summed E-state index contributed by atoms with van der Waals surface area (Å²) < 4.78 is 20.0. The van der Waals surface area contributed by atoms with Crippen molar-refractivity contribution in [3.63, 3.8) is 0 Å². The minimum absolute atomic E-state index is 0.166. The topological polar surface area (TPSA) is 81.8 Å².